The summed E-state index contributed by atoms with van der Waals surface area (Å²) in [6.07, 6.45) is 3.07. The highest BCUT2D eigenvalue weighted by Crippen LogP contribution is 2.19. The van der Waals surface area contributed by atoms with Gasteiger partial charge in [-0.25, -0.2) is 0 Å². The summed E-state index contributed by atoms with van der Waals surface area (Å²) in [4.78, 5) is 14.1. The summed E-state index contributed by atoms with van der Waals surface area (Å²) in [6.45, 7) is 2.06. The van der Waals surface area contributed by atoms with Crippen molar-refractivity contribution < 1.29 is 4.79 Å². The van der Waals surface area contributed by atoms with Crippen LogP contribution in [0.2, 0.25) is 0 Å². The second-order valence-corrected chi connectivity index (χ2v) is 6.22. The van der Waals surface area contributed by atoms with Crippen LogP contribution in [-0.2, 0) is 0 Å². The Kier molecular flexibility index (Phi) is 6.02. The number of carbonyl (C=O) groups excluding carboxylic acids is 1. The first-order chi connectivity index (χ1) is 8.45. The standard InChI is InChI=1S/C13H19BrN2OS/c1-9(4-5-18-3)16(2)13(17)10-6-11(14)8-12(15)7-10/h6-9H,4-5,15H2,1-3H3. The minimum absolute atomic E-state index is 0.0107. The van der Waals surface area contributed by atoms with E-state index in [1.54, 1.807) is 34.9 Å². The predicted molar refractivity (Wildman–Crippen MR) is 83.1 cm³/mol. The molecule has 0 fully saturated rings. The van der Waals surface area contributed by atoms with E-state index < -0.39 is 0 Å². The van der Waals surface area contributed by atoms with Gasteiger partial charge in [0.25, 0.3) is 5.91 Å². The minimum atomic E-state index is 0.0107. The molecule has 0 saturated heterocycles. The lowest BCUT2D eigenvalue weighted by atomic mass is 10.1. The van der Waals surface area contributed by atoms with E-state index in [1.165, 1.54) is 0 Å². The van der Waals surface area contributed by atoms with Crippen LogP contribution in [-0.4, -0.2) is 35.9 Å². The Hall–Kier alpha value is -0.680. The van der Waals surface area contributed by atoms with Crippen LogP contribution in [0.3, 0.4) is 0 Å². The predicted octanol–water partition coefficient (Wildman–Crippen LogP) is 3.24. The zero-order chi connectivity index (χ0) is 13.7. The molecule has 0 aliphatic rings. The van der Waals surface area contributed by atoms with Gasteiger partial charge in [0, 0.05) is 28.8 Å². The van der Waals surface area contributed by atoms with Crippen molar-refractivity contribution in [2.45, 2.75) is 19.4 Å². The molecule has 1 amide bonds. The van der Waals surface area contributed by atoms with Crippen LogP contribution in [0.25, 0.3) is 0 Å². The Morgan fingerprint density at radius 1 is 1.50 bits per heavy atom. The summed E-state index contributed by atoms with van der Waals surface area (Å²) in [5.74, 6) is 1.07. The second kappa shape index (κ2) is 7.04. The number of hydrogen-bond donors (Lipinski definition) is 1. The Morgan fingerprint density at radius 3 is 2.72 bits per heavy atom. The molecule has 0 bridgehead atoms. The molecule has 3 nitrogen and oxygen atoms in total. The van der Waals surface area contributed by atoms with E-state index in [1.807, 2.05) is 7.05 Å². The van der Waals surface area contributed by atoms with Crippen LogP contribution >= 0.6 is 27.7 Å². The first-order valence-corrected chi connectivity index (χ1v) is 7.96. The quantitative estimate of drug-likeness (QED) is 0.843. The lowest BCUT2D eigenvalue weighted by Crippen LogP contribution is -2.35. The number of nitrogen functional groups attached to an aromatic ring is 1. The molecule has 1 aromatic carbocycles. The number of halogens is 1. The van der Waals surface area contributed by atoms with Gasteiger partial charge in [0.05, 0.1) is 0 Å². The average Bonchev–Trinajstić information content (AvgIpc) is 2.32. The zero-order valence-electron chi connectivity index (χ0n) is 10.9. The molecule has 18 heavy (non-hydrogen) atoms. The number of thioether (sulfide) groups is 1. The number of amides is 1. The molecular weight excluding hydrogens is 312 g/mol. The van der Waals surface area contributed by atoms with Gasteiger partial charge in [0.1, 0.15) is 0 Å². The van der Waals surface area contributed by atoms with Gasteiger partial charge < -0.3 is 10.6 Å². The Labute approximate surface area is 121 Å². The summed E-state index contributed by atoms with van der Waals surface area (Å²) >= 11 is 5.15. The molecule has 1 rings (SSSR count). The molecule has 1 unspecified atom stereocenters. The van der Waals surface area contributed by atoms with Crippen LogP contribution in [0.4, 0.5) is 5.69 Å². The van der Waals surface area contributed by atoms with Crippen molar-refractivity contribution in [3.63, 3.8) is 0 Å². The van der Waals surface area contributed by atoms with Crippen molar-refractivity contribution in [1.29, 1.82) is 0 Å². The number of hydrogen-bond acceptors (Lipinski definition) is 3. The number of carbonyl (C=O) groups is 1. The largest absolute Gasteiger partial charge is 0.399 e. The maximum atomic E-state index is 12.3. The third kappa shape index (κ3) is 4.21. The normalized spacial score (nSPS) is 12.2. The van der Waals surface area contributed by atoms with Crippen LogP contribution in [0, 0.1) is 0 Å². The molecular formula is C13H19BrN2OS. The van der Waals surface area contributed by atoms with Crippen molar-refractivity contribution >= 4 is 39.3 Å². The third-order valence-corrected chi connectivity index (χ3v) is 3.99. The van der Waals surface area contributed by atoms with E-state index in [0.717, 1.165) is 16.6 Å². The van der Waals surface area contributed by atoms with Gasteiger partial charge in [0.15, 0.2) is 0 Å². The Balaban J connectivity index is 2.79. The average molecular weight is 331 g/mol. The number of anilines is 1. The molecule has 0 radical (unpaired) electrons. The lowest BCUT2D eigenvalue weighted by molar-refractivity contribution is 0.0741. The highest BCUT2D eigenvalue weighted by atomic mass is 79.9. The highest BCUT2D eigenvalue weighted by Gasteiger charge is 2.17. The summed E-state index contributed by atoms with van der Waals surface area (Å²) in [5, 5.41) is 0. The highest BCUT2D eigenvalue weighted by molar-refractivity contribution is 9.10. The number of nitrogens with two attached hydrogens (primary N) is 1. The van der Waals surface area contributed by atoms with Crippen LogP contribution in [0.15, 0.2) is 22.7 Å². The first-order valence-electron chi connectivity index (χ1n) is 5.78. The number of nitrogens with zero attached hydrogens (tertiary/aromatic N) is 1. The lowest BCUT2D eigenvalue weighted by Gasteiger charge is -2.25. The van der Waals surface area contributed by atoms with Crippen molar-refractivity contribution in [2.24, 2.45) is 0 Å². The van der Waals surface area contributed by atoms with Gasteiger partial charge in [0.2, 0.25) is 0 Å². The van der Waals surface area contributed by atoms with Gasteiger partial charge in [-0.2, -0.15) is 11.8 Å². The van der Waals surface area contributed by atoms with Gasteiger partial charge in [-0.05, 0) is 43.6 Å². The molecule has 0 aliphatic heterocycles. The smallest absolute Gasteiger partial charge is 0.253 e. The fourth-order valence-corrected chi connectivity index (χ4v) is 2.71. The first kappa shape index (κ1) is 15.4. The van der Waals surface area contributed by atoms with Crippen molar-refractivity contribution in [2.75, 3.05) is 24.8 Å². The summed E-state index contributed by atoms with van der Waals surface area (Å²) in [7, 11) is 1.84. The van der Waals surface area contributed by atoms with Crippen molar-refractivity contribution in [3.8, 4) is 0 Å². The zero-order valence-corrected chi connectivity index (χ0v) is 13.3. The van der Waals surface area contributed by atoms with E-state index in [9.17, 15) is 4.79 Å². The fraction of sp³-hybridized carbons (Fsp3) is 0.462. The molecule has 2 N–H and O–H groups in total. The van der Waals surface area contributed by atoms with Crippen molar-refractivity contribution in [3.05, 3.63) is 28.2 Å². The third-order valence-electron chi connectivity index (χ3n) is 2.89. The Morgan fingerprint density at radius 2 is 2.17 bits per heavy atom. The number of benzene rings is 1. The monoisotopic (exact) mass is 330 g/mol. The van der Waals surface area contributed by atoms with Crippen molar-refractivity contribution in [1.82, 2.24) is 4.90 Å². The van der Waals surface area contributed by atoms with E-state index >= 15 is 0 Å². The summed E-state index contributed by atoms with van der Waals surface area (Å²) in [5.41, 5.74) is 6.97. The van der Waals surface area contributed by atoms with E-state index in [0.29, 0.717) is 11.3 Å². The molecule has 0 aromatic heterocycles. The minimum Gasteiger partial charge on any atom is -0.399 e. The van der Waals surface area contributed by atoms with E-state index in [2.05, 4.69) is 29.1 Å². The molecule has 1 aromatic rings. The fourth-order valence-electron chi connectivity index (χ4n) is 1.62. The van der Waals surface area contributed by atoms with E-state index in [4.69, 9.17) is 5.73 Å². The summed E-state index contributed by atoms with van der Waals surface area (Å²) in [6, 6.07) is 5.53. The van der Waals surface area contributed by atoms with Crippen LogP contribution < -0.4 is 5.73 Å². The SMILES string of the molecule is CSCCC(C)N(C)C(=O)c1cc(N)cc(Br)c1. The van der Waals surface area contributed by atoms with Gasteiger partial charge in [-0.15, -0.1) is 0 Å². The van der Waals surface area contributed by atoms with Gasteiger partial charge in [-0.1, -0.05) is 15.9 Å². The molecule has 0 saturated carbocycles. The molecule has 100 valence electrons. The van der Waals surface area contributed by atoms with Gasteiger partial charge in [-0.3, -0.25) is 4.79 Å². The van der Waals surface area contributed by atoms with Crippen LogP contribution in [0.1, 0.15) is 23.7 Å². The maximum absolute atomic E-state index is 12.3. The molecule has 1 atom stereocenters. The second-order valence-electron chi connectivity index (χ2n) is 4.32. The molecule has 0 spiro atoms. The molecule has 0 aliphatic carbocycles. The summed E-state index contributed by atoms with van der Waals surface area (Å²) < 4.78 is 0.830. The van der Waals surface area contributed by atoms with Gasteiger partial charge >= 0.3 is 0 Å². The number of rotatable bonds is 5. The Bertz CT molecular complexity index is 405. The molecule has 0 heterocycles. The topological polar surface area (TPSA) is 46.3 Å². The maximum Gasteiger partial charge on any atom is 0.253 e. The van der Waals surface area contributed by atoms with E-state index in [-0.39, 0.29) is 11.9 Å². The molecule has 5 heteroatoms. The van der Waals surface area contributed by atoms with Crippen LogP contribution in [0.5, 0.6) is 0 Å².